The zero-order valence-electron chi connectivity index (χ0n) is 13.3. The minimum atomic E-state index is -4.43. The third-order valence-electron chi connectivity index (χ3n) is 3.21. The molecule has 0 saturated carbocycles. The van der Waals surface area contributed by atoms with Gasteiger partial charge in [-0.15, -0.1) is 0 Å². The monoisotopic (exact) mass is 351 g/mol. The van der Waals surface area contributed by atoms with E-state index in [0.29, 0.717) is 5.69 Å². The molecule has 3 N–H and O–H groups in total. The van der Waals surface area contributed by atoms with Gasteiger partial charge < -0.3 is 16.0 Å². The molecule has 25 heavy (non-hydrogen) atoms. The van der Waals surface area contributed by atoms with Crippen LogP contribution in [-0.2, 0) is 11.0 Å². The fraction of sp³-hybridized carbons (Fsp3) is 0.176. The molecule has 0 spiro atoms. The number of alkyl halides is 3. The first kappa shape index (κ1) is 18.3. The number of urea groups is 1. The number of carbonyl (C=O) groups is 2. The highest BCUT2D eigenvalue weighted by atomic mass is 19.4. The summed E-state index contributed by atoms with van der Waals surface area (Å²) in [6, 6.07) is 10.6. The van der Waals surface area contributed by atoms with Crippen molar-refractivity contribution in [3.05, 3.63) is 59.7 Å². The molecule has 8 heteroatoms. The van der Waals surface area contributed by atoms with Crippen molar-refractivity contribution in [3.8, 4) is 0 Å². The third-order valence-corrected chi connectivity index (χ3v) is 3.21. The van der Waals surface area contributed by atoms with Crippen LogP contribution in [0.2, 0.25) is 0 Å². The zero-order chi connectivity index (χ0) is 18.4. The van der Waals surface area contributed by atoms with Gasteiger partial charge in [0.1, 0.15) is 0 Å². The summed E-state index contributed by atoms with van der Waals surface area (Å²) in [4.78, 5) is 23.4. The highest BCUT2D eigenvalue weighted by Gasteiger charge is 2.29. The molecule has 0 aromatic heterocycles. The molecule has 0 radical (unpaired) electrons. The van der Waals surface area contributed by atoms with E-state index >= 15 is 0 Å². The Morgan fingerprint density at radius 1 is 0.880 bits per heavy atom. The number of hydrogen-bond acceptors (Lipinski definition) is 2. The van der Waals surface area contributed by atoms with E-state index in [-0.39, 0.29) is 12.2 Å². The number of nitrogens with one attached hydrogen (secondary N) is 3. The molecule has 0 aliphatic heterocycles. The Labute approximate surface area is 142 Å². The van der Waals surface area contributed by atoms with Gasteiger partial charge in [-0.25, -0.2) is 4.79 Å². The lowest BCUT2D eigenvalue weighted by Gasteiger charge is -2.10. The first-order valence-electron chi connectivity index (χ1n) is 7.33. The Morgan fingerprint density at radius 3 is 1.96 bits per heavy atom. The minimum Gasteiger partial charge on any atom is -0.329 e. The van der Waals surface area contributed by atoms with E-state index in [9.17, 15) is 22.8 Å². The molecule has 2 rings (SSSR count). The van der Waals surface area contributed by atoms with Gasteiger partial charge in [0.05, 0.1) is 12.1 Å². The number of amides is 3. The molecule has 0 fully saturated rings. The van der Waals surface area contributed by atoms with E-state index in [4.69, 9.17) is 0 Å². The Balaban J connectivity index is 1.80. The lowest BCUT2D eigenvalue weighted by Crippen LogP contribution is -2.35. The molecule has 0 bridgehead atoms. The van der Waals surface area contributed by atoms with E-state index in [0.717, 1.165) is 29.8 Å². The standard InChI is InChI=1S/C17H16F3N3O2/c1-11-2-6-14(7-3-11)23-16(25)21-10-15(24)22-13-8-4-12(5-9-13)17(18,19)20/h2-9H,10H2,1H3,(H,22,24)(H2,21,23,25). The van der Waals surface area contributed by atoms with Gasteiger partial charge in [-0.3, -0.25) is 4.79 Å². The summed E-state index contributed by atoms with van der Waals surface area (Å²) in [6.07, 6.45) is -4.43. The summed E-state index contributed by atoms with van der Waals surface area (Å²) in [7, 11) is 0. The quantitative estimate of drug-likeness (QED) is 0.785. The molecule has 2 aromatic carbocycles. The first-order chi connectivity index (χ1) is 11.7. The van der Waals surface area contributed by atoms with Crippen molar-refractivity contribution in [1.82, 2.24) is 5.32 Å². The normalized spacial score (nSPS) is 10.9. The van der Waals surface area contributed by atoms with Crippen molar-refractivity contribution in [3.63, 3.8) is 0 Å². The fourth-order valence-electron chi connectivity index (χ4n) is 1.92. The highest BCUT2D eigenvalue weighted by molar-refractivity contribution is 5.96. The molecule has 0 aliphatic rings. The fourth-order valence-corrected chi connectivity index (χ4v) is 1.92. The van der Waals surface area contributed by atoms with Gasteiger partial charge in [0.25, 0.3) is 0 Å². The van der Waals surface area contributed by atoms with Crippen LogP contribution in [-0.4, -0.2) is 18.5 Å². The molecule has 0 aliphatic carbocycles. The van der Waals surface area contributed by atoms with Gasteiger partial charge in [-0.2, -0.15) is 13.2 Å². The molecular formula is C17H16F3N3O2. The number of rotatable bonds is 4. The van der Waals surface area contributed by atoms with Gasteiger partial charge in [0.2, 0.25) is 5.91 Å². The van der Waals surface area contributed by atoms with Gasteiger partial charge in [-0.1, -0.05) is 17.7 Å². The van der Waals surface area contributed by atoms with Crippen LogP contribution in [0.5, 0.6) is 0 Å². The van der Waals surface area contributed by atoms with E-state index in [1.807, 2.05) is 19.1 Å². The Morgan fingerprint density at radius 2 is 1.40 bits per heavy atom. The molecule has 5 nitrogen and oxygen atoms in total. The molecular weight excluding hydrogens is 335 g/mol. The lowest BCUT2D eigenvalue weighted by atomic mass is 10.2. The van der Waals surface area contributed by atoms with Crippen molar-refractivity contribution >= 4 is 23.3 Å². The Kier molecular flexibility index (Phi) is 5.63. The lowest BCUT2D eigenvalue weighted by molar-refractivity contribution is -0.137. The molecule has 0 saturated heterocycles. The number of aryl methyl sites for hydroxylation is 1. The maximum absolute atomic E-state index is 12.5. The SMILES string of the molecule is Cc1ccc(NC(=O)NCC(=O)Nc2ccc(C(F)(F)F)cc2)cc1. The van der Waals surface area contributed by atoms with Crippen LogP contribution in [0.25, 0.3) is 0 Å². The predicted molar refractivity (Wildman–Crippen MR) is 88.3 cm³/mol. The number of anilines is 2. The van der Waals surface area contributed by atoms with Crippen LogP contribution in [0.3, 0.4) is 0 Å². The minimum absolute atomic E-state index is 0.207. The van der Waals surface area contributed by atoms with Gasteiger partial charge >= 0.3 is 12.2 Å². The number of halogens is 3. The van der Waals surface area contributed by atoms with E-state index < -0.39 is 23.7 Å². The van der Waals surface area contributed by atoms with E-state index in [1.54, 1.807) is 12.1 Å². The average molecular weight is 351 g/mol. The summed E-state index contributed by atoms with van der Waals surface area (Å²) in [5, 5.41) is 7.32. The summed E-state index contributed by atoms with van der Waals surface area (Å²) in [6.45, 7) is 1.59. The predicted octanol–water partition coefficient (Wildman–Crippen LogP) is 3.77. The van der Waals surface area contributed by atoms with Crippen LogP contribution in [0.1, 0.15) is 11.1 Å². The van der Waals surface area contributed by atoms with Crippen LogP contribution in [0, 0.1) is 6.92 Å². The van der Waals surface area contributed by atoms with Gasteiger partial charge in [0, 0.05) is 11.4 Å². The van der Waals surface area contributed by atoms with Gasteiger partial charge in [0.15, 0.2) is 0 Å². The van der Waals surface area contributed by atoms with Crippen molar-refractivity contribution in [2.75, 3.05) is 17.2 Å². The number of benzene rings is 2. The second kappa shape index (κ2) is 7.69. The molecule has 0 heterocycles. The summed E-state index contributed by atoms with van der Waals surface area (Å²) in [5.74, 6) is -0.557. The van der Waals surface area contributed by atoms with Crippen LogP contribution >= 0.6 is 0 Å². The zero-order valence-corrected chi connectivity index (χ0v) is 13.3. The molecule has 0 atom stereocenters. The molecule has 0 unspecified atom stereocenters. The van der Waals surface area contributed by atoms with Crippen LogP contribution in [0.4, 0.5) is 29.3 Å². The Hall–Kier alpha value is -3.03. The van der Waals surface area contributed by atoms with E-state index in [1.165, 1.54) is 0 Å². The summed E-state index contributed by atoms with van der Waals surface area (Å²) >= 11 is 0. The molecule has 2 aromatic rings. The van der Waals surface area contributed by atoms with E-state index in [2.05, 4.69) is 16.0 Å². The highest BCUT2D eigenvalue weighted by Crippen LogP contribution is 2.29. The number of carbonyl (C=O) groups excluding carboxylic acids is 2. The van der Waals surface area contributed by atoms with Crippen LogP contribution < -0.4 is 16.0 Å². The topological polar surface area (TPSA) is 70.2 Å². The maximum Gasteiger partial charge on any atom is 0.416 e. The summed E-state index contributed by atoms with van der Waals surface area (Å²) in [5.41, 5.74) is 1.02. The molecule has 3 amide bonds. The van der Waals surface area contributed by atoms with Gasteiger partial charge in [-0.05, 0) is 43.3 Å². The summed E-state index contributed by atoms with van der Waals surface area (Å²) < 4.78 is 37.4. The maximum atomic E-state index is 12.5. The van der Waals surface area contributed by atoms with Crippen molar-refractivity contribution in [2.24, 2.45) is 0 Å². The third kappa shape index (κ3) is 5.83. The van der Waals surface area contributed by atoms with Crippen LogP contribution in [0.15, 0.2) is 48.5 Å². The second-order valence-corrected chi connectivity index (χ2v) is 5.30. The Bertz CT molecular complexity index is 741. The number of hydrogen-bond donors (Lipinski definition) is 3. The molecule has 132 valence electrons. The average Bonchev–Trinajstić information content (AvgIpc) is 2.55. The van der Waals surface area contributed by atoms with Crippen molar-refractivity contribution in [1.29, 1.82) is 0 Å². The largest absolute Gasteiger partial charge is 0.416 e. The van der Waals surface area contributed by atoms with Crippen molar-refractivity contribution in [2.45, 2.75) is 13.1 Å². The smallest absolute Gasteiger partial charge is 0.329 e. The first-order valence-corrected chi connectivity index (χ1v) is 7.33. The second-order valence-electron chi connectivity index (χ2n) is 5.30. The van der Waals surface area contributed by atoms with Crippen molar-refractivity contribution < 1.29 is 22.8 Å².